The maximum Gasteiger partial charge on any atom is 0.288 e. The molecule has 0 heterocycles. The van der Waals surface area contributed by atoms with E-state index in [4.69, 9.17) is 27.9 Å². The van der Waals surface area contributed by atoms with Gasteiger partial charge in [-0.15, -0.1) is 0 Å². The lowest BCUT2D eigenvalue weighted by Crippen LogP contribution is -2.14. The minimum Gasteiger partial charge on any atom is -0.496 e. The topological polar surface area (TPSA) is 81.5 Å². The SMILES string of the molecule is COc1ccc(Cl)cc1C(=O)Nc1cc(Cl)c([N+](=O)[O-])cc1C. The quantitative estimate of drug-likeness (QED) is 0.648. The Bertz CT molecular complexity index is 793. The van der Waals surface area contributed by atoms with Gasteiger partial charge in [0.1, 0.15) is 10.8 Å². The molecule has 0 aromatic heterocycles. The number of nitrogens with zero attached hydrogens (tertiary/aromatic N) is 1. The first-order chi connectivity index (χ1) is 10.8. The second-order valence-corrected chi connectivity index (χ2v) is 5.52. The Balaban J connectivity index is 2.36. The Morgan fingerprint density at radius 1 is 1.26 bits per heavy atom. The molecule has 0 fully saturated rings. The zero-order valence-electron chi connectivity index (χ0n) is 12.2. The van der Waals surface area contributed by atoms with Gasteiger partial charge in [0, 0.05) is 16.8 Å². The van der Waals surface area contributed by atoms with E-state index in [1.165, 1.54) is 25.3 Å². The summed E-state index contributed by atoms with van der Waals surface area (Å²) in [6, 6.07) is 7.28. The van der Waals surface area contributed by atoms with Crippen LogP contribution in [0.5, 0.6) is 5.75 Å². The Morgan fingerprint density at radius 2 is 1.96 bits per heavy atom. The number of methoxy groups -OCH3 is 1. The molecule has 0 saturated carbocycles. The minimum atomic E-state index is -0.582. The number of amides is 1. The van der Waals surface area contributed by atoms with E-state index in [0.29, 0.717) is 22.0 Å². The average Bonchev–Trinajstić information content (AvgIpc) is 2.50. The van der Waals surface area contributed by atoms with Crippen LogP contribution >= 0.6 is 23.2 Å². The summed E-state index contributed by atoms with van der Waals surface area (Å²) in [4.78, 5) is 22.7. The Labute approximate surface area is 142 Å². The molecule has 0 unspecified atom stereocenters. The maximum atomic E-state index is 12.4. The largest absolute Gasteiger partial charge is 0.496 e. The summed E-state index contributed by atoms with van der Waals surface area (Å²) in [5.74, 6) is -0.102. The third-order valence-corrected chi connectivity index (χ3v) is 3.68. The summed E-state index contributed by atoms with van der Waals surface area (Å²) < 4.78 is 5.13. The van der Waals surface area contributed by atoms with Crippen LogP contribution in [0.1, 0.15) is 15.9 Å². The normalized spacial score (nSPS) is 10.3. The van der Waals surface area contributed by atoms with Gasteiger partial charge in [0.05, 0.1) is 17.6 Å². The third-order valence-electron chi connectivity index (χ3n) is 3.14. The molecule has 8 heteroatoms. The van der Waals surface area contributed by atoms with Crippen LogP contribution in [-0.2, 0) is 0 Å². The van der Waals surface area contributed by atoms with Crippen molar-refractivity contribution in [2.75, 3.05) is 12.4 Å². The molecule has 6 nitrogen and oxygen atoms in total. The number of hydrogen-bond acceptors (Lipinski definition) is 4. The molecule has 120 valence electrons. The van der Waals surface area contributed by atoms with Crippen LogP contribution in [0.3, 0.4) is 0 Å². The summed E-state index contributed by atoms with van der Waals surface area (Å²) in [7, 11) is 1.44. The zero-order valence-corrected chi connectivity index (χ0v) is 13.7. The Morgan fingerprint density at radius 3 is 2.57 bits per heavy atom. The second-order valence-electron chi connectivity index (χ2n) is 4.67. The van der Waals surface area contributed by atoms with E-state index in [-0.39, 0.29) is 16.3 Å². The fourth-order valence-electron chi connectivity index (χ4n) is 1.99. The number of hydrogen-bond donors (Lipinski definition) is 1. The van der Waals surface area contributed by atoms with Gasteiger partial charge in [-0.3, -0.25) is 14.9 Å². The van der Waals surface area contributed by atoms with E-state index in [9.17, 15) is 14.9 Å². The van der Waals surface area contributed by atoms with Gasteiger partial charge in [0.2, 0.25) is 0 Å². The van der Waals surface area contributed by atoms with Gasteiger partial charge >= 0.3 is 0 Å². The number of halogens is 2. The lowest BCUT2D eigenvalue weighted by Gasteiger charge is -2.12. The van der Waals surface area contributed by atoms with E-state index in [1.807, 2.05) is 0 Å². The number of carbonyl (C=O) groups excluding carboxylic acids is 1. The molecular weight excluding hydrogens is 343 g/mol. The van der Waals surface area contributed by atoms with E-state index in [1.54, 1.807) is 19.1 Å². The van der Waals surface area contributed by atoms with Crippen LogP contribution in [0.4, 0.5) is 11.4 Å². The molecule has 2 aromatic rings. The van der Waals surface area contributed by atoms with Crippen molar-refractivity contribution in [1.82, 2.24) is 0 Å². The predicted octanol–water partition coefficient (Wildman–Crippen LogP) is 4.47. The monoisotopic (exact) mass is 354 g/mol. The predicted molar refractivity (Wildman–Crippen MR) is 88.8 cm³/mol. The van der Waals surface area contributed by atoms with Crippen LogP contribution in [0.25, 0.3) is 0 Å². The Hall–Kier alpha value is -2.31. The first kappa shape index (κ1) is 17.1. The van der Waals surface area contributed by atoms with Crippen LogP contribution in [-0.4, -0.2) is 17.9 Å². The second kappa shape index (κ2) is 6.85. The number of aryl methyl sites for hydroxylation is 1. The summed E-state index contributed by atoms with van der Waals surface area (Å²) in [6.45, 7) is 1.63. The van der Waals surface area contributed by atoms with Crippen LogP contribution < -0.4 is 10.1 Å². The van der Waals surface area contributed by atoms with E-state index in [2.05, 4.69) is 5.32 Å². The number of ether oxygens (including phenoxy) is 1. The molecule has 0 saturated heterocycles. The molecule has 23 heavy (non-hydrogen) atoms. The van der Waals surface area contributed by atoms with Crippen molar-refractivity contribution in [3.63, 3.8) is 0 Å². The molecule has 0 spiro atoms. The molecule has 1 amide bonds. The maximum absolute atomic E-state index is 12.4. The number of anilines is 1. The molecule has 1 N–H and O–H groups in total. The molecule has 2 rings (SSSR count). The number of nitro benzene ring substituents is 1. The summed E-state index contributed by atoms with van der Waals surface area (Å²) in [5.41, 5.74) is 0.902. The van der Waals surface area contributed by atoms with Gasteiger partial charge in [-0.25, -0.2) is 0 Å². The molecule has 0 radical (unpaired) electrons. The van der Waals surface area contributed by atoms with Crippen molar-refractivity contribution >= 4 is 40.5 Å². The van der Waals surface area contributed by atoms with Gasteiger partial charge < -0.3 is 10.1 Å². The van der Waals surface area contributed by atoms with Crippen molar-refractivity contribution < 1.29 is 14.5 Å². The van der Waals surface area contributed by atoms with Crippen LogP contribution in [0, 0.1) is 17.0 Å². The first-order valence-corrected chi connectivity index (χ1v) is 7.18. The average molecular weight is 355 g/mol. The van der Waals surface area contributed by atoms with E-state index < -0.39 is 10.8 Å². The van der Waals surface area contributed by atoms with Crippen molar-refractivity contribution in [3.8, 4) is 5.75 Å². The Kier molecular flexibility index (Phi) is 5.08. The van der Waals surface area contributed by atoms with Gasteiger partial charge in [-0.05, 0) is 36.8 Å². The number of benzene rings is 2. The highest BCUT2D eigenvalue weighted by Gasteiger charge is 2.18. The molecule has 0 bridgehead atoms. The van der Waals surface area contributed by atoms with Crippen molar-refractivity contribution in [2.45, 2.75) is 6.92 Å². The highest BCUT2D eigenvalue weighted by molar-refractivity contribution is 6.33. The lowest BCUT2D eigenvalue weighted by molar-refractivity contribution is -0.384. The number of nitro groups is 1. The highest BCUT2D eigenvalue weighted by Crippen LogP contribution is 2.31. The van der Waals surface area contributed by atoms with Crippen molar-refractivity contribution in [1.29, 1.82) is 0 Å². The van der Waals surface area contributed by atoms with Crippen molar-refractivity contribution in [3.05, 3.63) is 61.6 Å². The molecule has 0 aliphatic rings. The third kappa shape index (κ3) is 3.72. The van der Waals surface area contributed by atoms with Gasteiger partial charge in [-0.2, -0.15) is 0 Å². The summed E-state index contributed by atoms with van der Waals surface area (Å²) >= 11 is 11.8. The molecule has 2 aromatic carbocycles. The molecule has 0 aliphatic heterocycles. The van der Waals surface area contributed by atoms with Gasteiger partial charge in [0.15, 0.2) is 0 Å². The fourth-order valence-corrected chi connectivity index (χ4v) is 2.39. The minimum absolute atomic E-state index is 0.0611. The lowest BCUT2D eigenvalue weighted by atomic mass is 10.1. The van der Waals surface area contributed by atoms with E-state index in [0.717, 1.165) is 0 Å². The van der Waals surface area contributed by atoms with Gasteiger partial charge in [-0.1, -0.05) is 23.2 Å². The number of nitrogens with one attached hydrogen (secondary N) is 1. The summed E-state index contributed by atoms with van der Waals surface area (Å²) in [5, 5.41) is 13.8. The zero-order chi connectivity index (χ0) is 17.1. The van der Waals surface area contributed by atoms with Gasteiger partial charge in [0.25, 0.3) is 11.6 Å². The smallest absolute Gasteiger partial charge is 0.288 e. The standard InChI is InChI=1S/C15H12Cl2N2O4/c1-8-5-13(19(21)22)11(17)7-12(8)18-15(20)10-6-9(16)3-4-14(10)23-2/h3-7H,1-2H3,(H,18,20). The highest BCUT2D eigenvalue weighted by atomic mass is 35.5. The summed E-state index contributed by atoms with van der Waals surface area (Å²) in [6.07, 6.45) is 0. The molecule has 0 aliphatic carbocycles. The van der Waals surface area contributed by atoms with Crippen molar-refractivity contribution in [2.24, 2.45) is 0 Å². The van der Waals surface area contributed by atoms with E-state index >= 15 is 0 Å². The number of rotatable bonds is 4. The van der Waals surface area contributed by atoms with Crippen LogP contribution in [0.15, 0.2) is 30.3 Å². The first-order valence-electron chi connectivity index (χ1n) is 6.43. The number of carbonyl (C=O) groups is 1. The van der Waals surface area contributed by atoms with Crippen LogP contribution in [0.2, 0.25) is 10.0 Å². The fraction of sp³-hybridized carbons (Fsp3) is 0.133. The molecule has 0 atom stereocenters. The molecular formula is C15H12Cl2N2O4.